The zero-order valence-corrected chi connectivity index (χ0v) is 13.6. The predicted molar refractivity (Wildman–Crippen MR) is 81.1 cm³/mol. The molecule has 1 N–H and O–H groups in total. The molecule has 1 aromatic heterocycles. The van der Waals surface area contributed by atoms with Gasteiger partial charge in [0.25, 0.3) is 0 Å². The highest BCUT2D eigenvalue weighted by molar-refractivity contribution is 7.09. The van der Waals surface area contributed by atoms with Gasteiger partial charge in [-0.25, -0.2) is 4.98 Å². The fourth-order valence-electron chi connectivity index (χ4n) is 2.34. The summed E-state index contributed by atoms with van der Waals surface area (Å²) >= 11 is 1.71. The summed E-state index contributed by atoms with van der Waals surface area (Å²) in [7, 11) is 0. The van der Waals surface area contributed by atoms with Crippen molar-refractivity contribution in [3.05, 3.63) is 16.1 Å². The summed E-state index contributed by atoms with van der Waals surface area (Å²) in [6.07, 6.45) is 1.44. The van der Waals surface area contributed by atoms with Gasteiger partial charge >= 0.3 is 5.97 Å². The summed E-state index contributed by atoms with van der Waals surface area (Å²) in [6, 6.07) is 0. The molecular formula is C15H24N2O2S. The molecule has 1 aliphatic rings. The standard InChI is InChI=1S/C15H24N2O2S/c1-14(2,3)11-10-20-12(16-11)9-17-7-5-15(4,6-8-17)13(18)19/h10H,5-9H2,1-4H3,(H,18,19). The maximum atomic E-state index is 11.2. The van der Waals surface area contributed by atoms with Crippen molar-refractivity contribution in [2.45, 2.75) is 52.5 Å². The molecule has 1 aromatic rings. The maximum Gasteiger partial charge on any atom is 0.309 e. The van der Waals surface area contributed by atoms with E-state index in [9.17, 15) is 9.90 Å². The van der Waals surface area contributed by atoms with Crippen molar-refractivity contribution in [3.8, 4) is 0 Å². The Morgan fingerprint density at radius 1 is 1.45 bits per heavy atom. The Hall–Kier alpha value is -0.940. The summed E-state index contributed by atoms with van der Waals surface area (Å²) in [4.78, 5) is 18.2. The molecule has 2 rings (SSSR count). The molecule has 1 fully saturated rings. The molecule has 0 unspecified atom stereocenters. The van der Waals surface area contributed by atoms with E-state index in [2.05, 4.69) is 31.1 Å². The third-order valence-corrected chi connectivity index (χ3v) is 4.99. The number of carboxylic acid groups (broad SMARTS) is 1. The highest BCUT2D eigenvalue weighted by atomic mass is 32.1. The minimum Gasteiger partial charge on any atom is -0.481 e. The van der Waals surface area contributed by atoms with Gasteiger partial charge in [-0.1, -0.05) is 20.8 Å². The molecule has 20 heavy (non-hydrogen) atoms. The van der Waals surface area contributed by atoms with Gasteiger partial charge in [-0.2, -0.15) is 0 Å². The Labute approximate surface area is 124 Å². The van der Waals surface area contributed by atoms with Crippen LogP contribution in [0.4, 0.5) is 0 Å². The number of likely N-dealkylation sites (tertiary alicyclic amines) is 1. The summed E-state index contributed by atoms with van der Waals surface area (Å²) in [5.41, 5.74) is 0.693. The number of piperidine rings is 1. The second-order valence-corrected chi connectivity index (χ2v) is 7.96. The van der Waals surface area contributed by atoms with E-state index in [1.54, 1.807) is 11.3 Å². The molecule has 1 aliphatic heterocycles. The second-order valence-electron chi connectivity index (χ2n) is 7.02. The minimum absolute atomic E-state index is 0.0958. The number of thiazole rings is 1. The lowest BCUT2D eigenvalue weighted by atomic mass is 9.80. The fraction of sp³-hybridized carbons (Fsp3) is 0.733. The lowest BCUT2D eigenvalue weighted by Crippen LogP contribution is -2.42. The van der Waals surface area contributed by atoms with Crippen molar-refractivity contribution in [1.82, 2.24) is 9.88 Å². The molecule has 0 aromatic carbocycles. The van der Waals surface area contributed by atoms with E-state index < -0.39 is 11.4 Å². The molecule has 2 heterocycles. The maximum absolute atomic E-state index is 11.2. The van der Waals surface area contributed by atoms with Crippen LogP contribution in [-0.4, -0.2) is 34.0 Å². The topological polar surface area (TPSA) is 53.4 Å². The molecule has 4 nitrogen and oxygen atoms in total. The van der Waals surface area contributed by atoms with Gasteiger partial charge in [0.05, 0.1) is 17.7 Å². The van der Waals surface area contributed by atoms with Crippen molar-refractivity contribution in [2.75, 3.05) is 13.1 Å². The van der Waals surface area contributed by atoms with Crippen LogP contribution in [0.5, 0.6) is 0 Å². The van der Waals surface area contributed by atoms with Crippen LogP contribution in [0, 0.1) is 5.41 Å². The van der Waals surface area contributed by atoms with E-state index in [-0.39, 0.29) is 5.41 Å². The SMILES string of the molecule is CC1(C(=O)O)CCN(Cc2nc(C(C)(C)C)cs2)CC1. The number of rotatable bonds is 3. The quantitative estimate of drug-likeness (QED) is 0.931. The minimum atomic E-state index is -0.665. The van der Waals surface area contributed by atoms with Crippen molar-refractivity contribution >= 4 is 17.3 Å². The molecule has 0 aliphatic carbocycles. The molecule has 0 saturated carbocycles. The van der Waals surface area contributed by atoms with Crippen LogP contribution in [0.3, 0.4) is 0 Å². The van der Waals surface area contributed by atoms with Crippen LogP contribution in [0.15, 0.2) is 5.38 Å². The number of nitrogens with zero attached hydrogens (tertiary/aromatic N) is 2. The average molecular weight is 296 g/mol. The van der Waals surface area contributed by atoms with Crippen molar-refractivity contribution in [1.29, 1.82) is 0 Å². The van der Waals surface area contributed by atoms with E-state index >= 15 is 0 Å². The molecule has 0 atom stereocenters. The van der Waals surface area contributed by atoms with Gasteiger partial charge in [0.1, 0.15) is 5.01 Å². The molecule has 112 valence electrons. The fourth-order valence-corrected chi connectivity index (χ4v) is 3.40. The van der Waals surface area contributed by atoms with Gasteiger partial charge in [-0.3, -0.25) is 9.69 Å². The van der Waals surface area contributed by atoms with Crippen molar-refractivity contribution in [2.24, 2.45) is 5.41 Å². The van der Waals surface area contributed by atoms with Crippen LogP contribution in [0.25, 0.3) is 0 Å². The Balaban J connectivity index is 1.93. The van der Waals surface area contributed by atoms with E-state index in [1.165, 1.54) is 0 Å². The van der Waals surface area contributed by atoms with Gasteiger partial charge in [0.15, 0.2) is 0 Å². The van der Waals surface area contributed by atoms with Gasteiger partial charge in [0, 0.05) is 10.8 Å². The smallest absolute Gasteiger partial charge is 0.309 e. The van der Waals surface area contributed by atoms with E-state index in [0.717, 1.165) is 43.2 Å². The molecular weight excluding hydrogens is 272 g/mol. The van der Waals surface area contributed by atoms with Crippen LogP contribution < -0.4 is 0 Å². The zero-order chi connectivity index (χ0) is 15.0. The Kier molecular flexibility index (Phi) is 4.21. The summed E-state index contributed by atoms with van der Waals surface area (Å²) in [5.74, 6) is -0.665. The third kappa shape index (κ3) is 3.38. The second kappa shape index (κ2) is 5.45. The van der Waals surface area contributed by atoms with Gasteiger partial charge < -0.3 is 5.11 Å². The van der Waals surface area contributed by atoms with Crippen LogP contribution in [-0.2, 0) is 16.8 Å². The lowest BCUT2D eigenvalue weighted by Gasteiger charge is -2.36. The molecule has 0 radical (unpaired) electrons. The van der Waals surface area contributed by atoms with Crippen molar-refractivity contribution in [3.63, 3.8) is 0 Å². The van der Waals surface area contributed by atoms with Crippen LogP contribution in [0.2, 0.25) is 0 Å². The van der Waals surface area contributed by atoms with Crippen LogP contribution in [0.1, 0.15) is 51.2 Å². The zero-order valence-electron chi connectivity index (χ0n) is 12.8. The Morgan fingerprint density at radius 3 is 2.50 bits per heavy atom. The number of carboxylic acids is 1. The largest absolute Gasteiger partial charge is 0.481 e. The average Bonchev–Trinajstić information content (AvgIpc) is 2.80. The number of carbonyl (C=O) groups is 1. The Morgan fingerprint density at radius 2 is 2.05 bits per heavy atom. The highest BCUT2D eigenvalue weighted by Crippen LogP contribution is 2.32. The first-order chi connectivity index (χ1) is 9.21. The van der Waals surface area contributed by atoms with Crippen LogP contribution >= 0.6 is 11.3 Å². The lowest BCUT2D eigenvalue weighted by molar-refractivity contribution is -0.150. The van der Waals surface area contributed by atoms with E-state index in [0.29, 0.717) is 0 Å². The number of hydrogen-bond donors (Lipinski definition) is 1. The normalized spacial score (nSPS) is 20.0. The van der Waals surface area contributed by atoms with Gasteiger partial charge in [-0.15, -0.1) is 11.3 Å². The van der Waals surface area contributed by atoms with E-state index in [1.807, 2.05) is 6.92 Å². The predicted octanol–water partition coefficient (Wildman–Crippen LogP) is 3.13. The first-order valence-electron chi connectivity index (χ1n) is 7.11. The molecule has 0 spiro atoms. The van der Waals surface area contributed by atoms with Crippen molar-refractivity contribution < 1.29 is 9.90 Å². The monoisotopic (exact) mass is 296 g/mol. The first-order valence-corrected chi connectivity index (χ1v) is 7.99. The molecule has 1 saturated heterocycles. The third-order valence-electron chi connectivity index (χ3n) is 4.15. The first kappa shape index (κ1) is 15.4. The number of aliphatic carboxylic acids is 1. The summed E-state index contributed by atoms with van der Waals surface area (Å²) in [5, 5.41) is 12.5. The van der Waals surface area contributed by atoms with Gasteiger partial charge in [-0.05, 0) is 32.9 Å². The van der Waals surface area contributed by atoms with Gasteiger partial charge in [0.2, 0.25) is 0 Å². The highest BCUT2D eigenvalue weighted by Gasteiger charge is 2.36. The molecule has 0 amide bonds. The number of aromatic nitrogens is 1. The molecule has 5 heteroatoms. The van der Waals surface area contributed by atoms with E-state index in [4.69, 9.17) is 4.98 Å². The summed E-state index contributed by atoms with van der Waals surface area (Å²) < 4.78 is 0. The summed E-state index contributed by atoms with van der Waals surface area (Å²) in [6.45, 7) is 10.9. The number of hydrogen-bond acceptors (Lipinski definition) is 4. The molecule has 0 bridgehead atoms. The Bertz CT molecular complexity index is 482.